The summed E-state index contributed by atoms with van der Waals surface area (Å²) in [4.78, 5) is 38.0. The van der Waals surface area contributed by atoms with E-state index >= 15 is 0 Å². The van der Waals surface area contributed by atoms with Crippen LogP contribution in [0.15, 0.2) is 23.4 Å². The summed E-state index contributed by atoms with van der Waals surface area (Å²) >= 11 is 0. The lowest BCUT2D eigenvalue weighted by Crippen LogP contribution is -2.53. The summed E-state index contributed by atoms with van der Waals surface area (Å²) in [5.74, 6) is -1.25. The van der Waals surface area contributed by atoms with Gasteiger partial charge in [0.2, 0.25) is 0 Å². The molecule has 0 aliphatic heterocycles. The number of nitro groups is 1. The molecule has 0 fully saturated rings. The number of nitrogens with one attached hydrogen (secondary N) is 1. The lowest BCUT2D eigenvalue weighted by atomic mass is 10.0. The van der Waals surface area contributed by atoms with Gasteiger partial charge in [0.15, 0.2) is 5.03 Å². The molecule has 0 aliphatic carbocycles. The van der Waals surface area contributed by atoms with Crippen LogP contribution in [-0.2, 0) is 9.53 Å². The summed E-state index contributed by atoms with van der Waals surface area (Å²) in [6.45, 7) is 8.21. The number of carbonyl (C=O) groups is 2. The van der Waals surface area contributed by atoms with Crippen molar-refractivity contribution in [3.05, 3.63) is 28.4 Å². The van der Waals surface area contributed by atoms with Gasteiger partial charge >= 0.3 is 17.7 Å². The first-order valence-electron chi connectivity index (χ1n) is 7.51. The van der Waals surface area contributed by atoms with Gasteiger partial charge in [0.1, 0.15) is 11.6 Å². The molecule has 9 nitrogen and oxygen atoms in total. The minimum Gasteiger partial charge on any atom is -0.480 e. The topological polar surface area (TPSA) is 132 Å². The second-order valence-electron chi connectivity index (χ2n) is 6.77. The molecule has 144 valence electrons. The molecular weight excluding hydrogens is 382 g/mol. The molecule has 1 aromatic heterocycles. The minimum atomic E-state index is -1.28. The van der Waals surface area contributed by atoms with Gasteiger partial charge in [0.05, 0.1) is 9.67 Å². The number of carbonyl (C=O) groups excluding carboxylic acids is 1. The highest BCUT2D eigenvalue weighted by molar-refractivity contribution is 8.77. The van der Waals surface area contributed by atoms with Crippen molar-refractivity contribution in [1.29, 1.82) is 0 Å². The molecule has 0 unspecified atom stereocenters. The molecule has 0 saturated carbocycles. The second-order valence-corrected chi connectivity index (χ2v) is 9.54. The van der Waals surface area contributed by atoms with Crippen LogP contribution in [-0.4, -0.2) is 43.5 Å². The Labute approximate surface area is 158 Å². The third-order valence-electron chi connectivity index (χ3n) is 2.89. The van der Waals surface area contributed by atoms with E-state index in [-0.39, 0.29) is 10.7 Å². The Balaban J connectivity index is 2.89. The number of pyridine rings is 1. The zero-order valence-corrected chi connectivity index (χ0v) is 16.6. The first-order valence-corrected chi connectivity index (χ1v) is 9.66. The van der Waals surface area contributed by atoms with Crippen LogP contribution in [0.4, 0.5) is 10.5 Å². The van der Waals surface area contributed by atoms with E-state index in [9.17, 15) is 24.8 Å². The maximum Gasteiger partial charge on any atom is 0.408 e. The zero-order chi connectivity index (χ0) is 20.1. The highest BCUT2D eigenvalue weighted by Gasteiger charge is 2.39. The van der Waals surface area contributed by atoms with Crippen LogP contribution < -0.4 is 5.32 Å². The summed E-state index contributed by atoms with van der Waals surface area (Å²) in [6, 6.07) is 1.48. The fraction of sp³-hybridized carbons (Fsp3) is 0.533. The van der Waals surface area contributed by atoms with E-state index in [0.717, 1.165) is 21.6 Å². The van der Waals surface area contributed by atoms with E-state index in [1.165, 1.54) is 18.3 Å². The lowest BCUT2D eigenvalue weighted by Gasteiger charge is -2.31. The second kappa shape index (κ2) is 8.58. The first-order chi connectivity index (χ1) is 11.8. The number of rotatable bonds is 7. The summed E-state index contributed by atoms with van der Waals surface area (Å²) in [5, 5.41) is 23.0. The number of hydrogen-bond acceptors (Lipinski definition) is 8. The van der Waals surface area contributed by atoms with Crippen LogP contribution in [0, 0.1) is 10.1 Å². The number of ether oxygens (including phenoxy) is 1. The van der Waals surface area contributed by atoms with Gasteiger partial charge in [0, 0.05) is 12.3 Å². The van der Waals surface area contributed by atoms with E-state index in [0.29, 0.717) is 0 Å². The van der Waals surface area contributed by atoms with Crippen LogP contribution in [0.3, 0.4) is 0 Å². The van der Waals surface area contributed by atoms with Gasteiger partial charge in [-0.2, -0.15) is 0 Å². The van der Waals surface area contributed by atoms with Crippen molar-refractivity contribution in [2.75, 3.05) is 0 Å². The van der Waals surface area contributed by atoms with Gasteiger partial charge in [-0.3, -0.25) is 10.1 Å². The molecule has 0 aromatic carbocycles. The van der Waals surface area contributed by atoms with E-state index in [2.05, 4.69) is 10.3 Å². The van der Waals surface area contributed by atoms with Crippen molar-refractivity contribution < 1.29 is 24.4 Å². The Bertz CT molecular complexity index is 690. The minimum absolute atomic E-state index is 0.150. The van der Waals surface area contributed by atoms with E-state index in [1.54, 1.807) is 34.6 Å². The molecular formula is C15H21N3O6S2. The van der Waals surface area contributed by atoms with Crippen molar-refractivity contribution in [2.24, 2.45) is 0 Å². The van der Waals surface area contributed by atoms with Crippen molar-refractivity contribution >= 4 is 39.3 Å². The molecule has 0 radical (unpaired) electrons. The Kier molecular flexibility index (Phi) is 7.27. The molecule has 0 spiro atoms. The standard InChI is InChI=1S/C15H21N3O6S2/c1-14(2,3)24-13(21)17-10(12(19)20)15(4,5)26-25-11-9(18(22)23)7-6-8-16-11/h6-8,10H,1-5H3,(H,17,21)(H,19,20)/t10-/m0/s1. The molecule has 0 aliphatic rings. The number of hydrogen-bond donors (Lipinski definition) is 2. The highest BCUT2D eigenvalue weighted by Crippen LogP contribution is 2.44. The predicted octanol–water partition coefficient (Wildman–Crippen LogP) is 3.49. The number of amides is 1. The van der Waals surface area contributed by atoms with Gasteiger partial charge in [-0.05, 0) is 51.5 Å². The van der Waals surface area contributed by atoms with Gasteiger partial charge in [-0.15, -0.1) is 0 Å². The fourth-order valence-corrected chi connectivity index (χ4v) is 4.18. The predicted molar refractivity (Wildman–Crippen MR) is 99.2 cm³/mol. The molecule has 1 rings (SSSR count). The van der Waals surface area contributed by atoms with Gasteiger partial charge in [0.25, 0.3) is 0 Å². The van der Waals surface area contributed by atoms with Gasteiger partial charge in [-0.1, -0.05) is 10.8 Å². The Morgan fingerprint density at radius 1 is 1.35 bits per heavy atom. The number of aliphatic carboxylic acids is 1. The van der Waals surface area contributed by atoms with E-state index in [4.69, 9.17) is 4.74 Å². The third kappa shape index (κ3) is 6.71. The Morgan fingerprint density at radius 3 is 2.46 bits per heavy atom. The zero-order valence-electron chi connectivity index (χ0n) is 15.0. The van der Waals surface area contributed by atoms with Crippen LogP contribution in [0.2, 0.25) is 0 Å². The highest BCUT2D eigenvalue weighted by atomic mass is 33.1. The number of nitrogens with zero attached hydrogens (tertiary/aromatic N) is 2. The van der Waals surface area contributed by atoms with Crippen LogP contribution in [0.1, 0.15) is 34.6 Å². The normalized spacial score (nSPS) is 13.0. The summed E-state index contributed by atoms with van der Waals surface area (Å²) in [6.07, 6.45) is 0.559. The van der Waals surface area contributed by atoms with Crippen molar-refractivity contribution in [2.45, 2.75) is 56.0 Å². The average Bonchev–Trinajstić information content (AvgIpc) is 2.48. The van der Waals surface area contributed by atoms with Crippen LogP contribution in [0.25, 0.3) is 0 Å². The fourth-order valence-electron chi connectivity index (χ4n) is 1.74. The van der Waals surface area contributed by atoms with Gasteiger partial charge in [-0.25, -0.2) is 14.6 Å². The molecule has 1 atom stereocenters. The quantitative estimate of drug-likeness (QED) is 0.399. The smallest absolute Gasteiger partial charge is 0.408 e. The van der Waals surface area contributed by atoms with E-state index < -0.39 is 33.4 Å². The SMILES string of the molecule is CC(C)(C)OC(=O)N[C@@H](C(=O)O)C(C)(C)SSc1ncccc1[N+](=O)[O-]. The van der Waals surface area contributed by atoms with Crippen molar-refractivity contribution in [3.8, 4) is 0 Å². The Morgan fingerprint density at radius 2 is 1.96 bits per heavy atom. The summed E-state index contributed by atoms with van der Waals surface area (Å²) < 4.78 is 4.08. The van der Waals surface area contributed by atoms with Crippen molar-refractivity contribution in [3.63, 3.8) is 0 Å². The number of alkyl carbamates (subject to hydrolysis) is 1. The first kappa shape index (κ1) is 22.0. The molecule has 1 aromatic rings. The molecule has 0 saturated heterocycles. The third-order valence-corrected chi connectivity index (χ3v) is 6.12. The molecule has 0 bridgehead atoms. The maximum atomic E-state index is 11.9. The monoisotopic (exact) mass is 403 g/mol. The number of carboxylic acids is 1. The van der Waals surface area contributed by atoms with Crippen LogP contribution in [0.5, 0.6) is 0 Å². The largest absolute Gasteiger partial charge is 0.480 e. The van der Waals surface area contributed by atoms with Gasteiger partial charge < -0.3 is 15.2 Å². The van der Waals surface area contributed by atoms with E-state index in [1.807, 2.05) is 0 Å². The number of aromatic nitrogens is 1. The molecule has 1 heterocycles. The molecule has 2 N–H and O–H groups in total. The molecule has 1 amide bonds. The maximum absolute atomic E-state index is 11.9. The lowest BCUT2D eigenvalue weighted by molar-refractivity contribution is -0.388. The average molecular weight is 403 g/mol. The van der Waals surface area contributed by atoms with Crippen LogP contribution >= 0.6 is 21.6 Å². The van der Waals surface area contributed by atoms with Crippen molar-refractivity contribution in [1.82, 2.24) is 10.3 Å². The Hall–Kier alpha value is -2.01. The number of carboxylic acid groups (broad SMARTS) is 1. The molecule has 26 heavy (non-hydrogen) atoms. The summed E-state index contributed by atoms with van der Waals surface area (Å²) in [5.41, 5.74) is -0.943. The summed E-state index contributed by atoms with van der Waals surface area (Å²) in [7, 11) is 2.04. The molecule has 11 heteroatoms.